The molecule has 13 heteroatoms. The van der Waals surface area contributed by atoms with Gasteiger partial charge in [0.25, 0.3) is 5.91 Å². The van der Waals surface area contributed by atoms with Gasteiger partial charge in [0.1, 0.15) is 35.1 Å². The van der Waals surface area contributed by atoms with Gasteiger partial charge in [-0.25, -0.2) is 28.1 Å². The van der Waals surface area contributed by atoms with E-state index < -0.39 is 29.4 Å². The zero-order valence-electron chi connectivity index (χ0n) is 19.7. The van der Waals surface area contributed by atoms with Crippen molar-refractivity contribution in [1.29, 1.82) is 5.26 Å². The highest BCUT2D eigenvalue weighted by Gasteiger charge is 2.43. The Labute approximate surface area is 213 Å². The first-order valence-corrected chi connectivity index (χ1v) is 11.8. The van der Waals surface area contributed by atoms with E-state index in [9.17, 15) is 22.8 Å². The predicted octanol–water partition coefficient (Wildman–Crippen LogP) is 2.72. The smallest absolute Gasteiger partial charge is 0.255 e. The Morgan fingerprint density at radius 1 is 1.16 bits per heavy atom. The first-order valence-electron chi connectivity index (χ1n) is 11.8. The van der Waals surface area contributed by atoms with Crippen molar-refractivity contribution in [2.75, 3.05) is 13.1 Å². The SMILES string of the molecule is N#CC1CN(C(=O)[C@H](NC(=O)c2c[nH]c3ncc(-c4cn(-c5cc(F)cc(F)c5F)cn4)nc23)C2CC2)C1. The lowest BCUT2D eigenvalue weighted by atomic mass is 9.99. The fraction of sp³-hybridized carbons (Fsp3) is 0.280. The van der Waals surface area contributed by atoms with Crippen molar-refractivity contribution in [1.82, 2.24) is 34.7 Å². The summed E-state index contributed by atoms with van der Waals surface area (Å²) in [6.45, 7) is 0.713. The van der Waals surface area contributed by atoms with Gasteiger partial charge in [0.05, 0.1) is 29.4 Å². The van der Waals surface area contributed by atoms with Crippen LogP contribution in [-0.4, -0.2) is 60.3 Å². The van der Waals surface area contributed by atoms with Crippen LogP contribution in [0.5, 0.6) is 0 Å². The van der Waals surface area contributed by atoms with E-state index in [1.54, 1.807) is 4.90 Å². The summed E-state index contributed by atoms with van der Waals surface area (Å²) in [6, 6.07) is 2.72. The third kappa shape index (κ3) is 4.13. The van der Waals surface area contributed by atoms with Crippen LogP contribution in [0.3, 0.4) is 0 Å². The summed E-state index contributed by atoms with van der Waals surface area (Å²) in [5.41, 5.74) is 0.825. The maximum atomic E-state index is 14.2. The average Bonchev–Trinajstić information content (AvgIpc) is 3.43. The van der Waals surface area contributed by atoms with Gasteiger partial charge >= 0.3 is 0 Å². The summed E-state index contributed by atoms with van der Waals surface area (Å²) in [5.74, 6) is -4.36. The Kier molecular flexibility index (Phi) is 5.59. The number of aromatic nitrogens is 5. The molecular formula is C25H19F3N8O2. The molecule has 1 atom stereocenters. The summed E-state index contributed by atoms with van der Waals surface area (Å²) in [4.78, 5) is 43.5. The van der Waals surface area contributed by atoms with Crippen LogP contribution in [0.25, 0.3) is 28.2 Å². The molecule has 3 aromatic heterocycles. The second-order valence-corrected chi connectivity index (χ2v) is 9.40. The quantitative estimate of drug-likeness (QED) is 0.376. The molecule has 0 unspecified atom stereocenters. The zero-order valence-corrected chi connectivity index (χ0v) is 19.7. The molecule has 4 heterocycles. The number of H-pyrrole nitrogens is 1. The molecule has 10 nitrogen and oxygen atoms in total. The molecule has 6 rings (SSSR count). The number of carbonyl (C=O) groups excluding carboxylic acids is 2. The molecule has 192 valence electrons. The molecule has 2 amide bonds. The van der Waals surface area contributed by atoms with Crippen molar-refractivity contribution < 1.29 is 22.8 Å². The van der Waals surface area contributed by atoms with Gasteiger partial charge in [-0.2, -0.15) is 5.26 Å². The van der Waals surface area contributed by atoms with Crippen molar-refractivity contribution in [2.24, 2.45) is 11.8 Å². The lowest BCUT2D eigenvalue weighted by Gasteiger charge is -2.37. The van der Waals surface area contributed by atoms with Crippen molar-refractivity contribution in [2.45, 2.75) is 18.9 Å². The lowest BCUT2D eigenvalue weighted by molar-refractivity contribution is -0.138. The fourth-order valence-corrected chi connectivity index (χ4v) is 4.47. The minimum absolute atomic E-state index is 0.0384. The number of carbonyl (C=O) groups is 2. The Bertz CT molecular complexity index is 1630. The van der Waals surface area contributed by atoms with Crippen LogP contribution in [-0.2, 0) is 4.79 Å². The number of nitrogens with one attached hydrogen (secondary N) is 2. The number of hydrogen-bond acceptors (Lipinski definition) is 6. The number of aromatic amines is 1. The molecule has 1 aliphatic heterocycles. The number of imidazole rings is 1. The molecule has 2 fully saturated rings. The molecule has 1 aliphatic carbocycles. The topological polar surface area (TPSA) is 133 Å². The highest BCUT2D eigenvalue weighted by atomic mass is 19.2. The van der Waals surface area contributed by atoms with Gasteiger partial charge in [-0.1, -0.05) is 0 Å². The number of halogens is 3. The summed E-state index contributed by atoms with van der Waals surface area (Å²) in [5, 5.41) is 11.8. The van der Waals surface area contributed by atoms with Gasteiger partial charge in [-0.3, -0.25) is 9.59 Å². The van der Waals surface area contributed by atoms with E-state index in [0.29, 0.717) is 24.8 Å². The Morgan fingerprint density at radius 3 is 2.68 bits per heavy atom. The highest BCUT2D eigenvalue weighted by molar-refractivity contribution is 6.06. The molecule has 38 heavy (non-hydrogen) atoms. The van der Waals surface area contributed by atoms with E-state index in [1.165, 1.54) is 24.9 Å². The molecule has 0 radical (unpaired) electrons. The molecule has 0 bridgehead atoms. The number of hydrogen-bond donors (Lipinski definition) is 2. The first kappa shape index (κ1) is 23.7. The molecule has 1 saturated heterocycles. The van der Waals surface area contributed by atoms with Crippen LogP contribution in [0, 0.1) is 40.6 Å². The number of benzene rings is 1. The van der Waals surface area contributed by atoms with Crippen LogP contribution in [0.1, 0.15) is 23.2 Å². The number of nitriles is 1. The van der Waals surface area contributed by atoms with Gasteiger partial charge in [0.2, 0.25) is 5.91 Å². The summed E-state index contributed by atoms with van der Waals surface area (Å²) in [6.07, 6.45) is 6.99. The van der Waals surface area contributed by atoms with E-state index in [4.69, 9.17) is 5.26 Å². The maximum Gasteiger partial charge on any atom is 0.255 e. The second-order valence-electron chi connectivity index (χ2n) is 9.40. The highest BCUT2D eigenvalue weighted by Crippen LogP contribution is 2.35. The van der Waals surface area contributed by atoms with E-state index in [-0.39, 0.29) is 45.9 Å². The van der Waals surface area contributed by atoms with Crippen molar-refractivity contribution in [3.8, 4) is 23.1 Å². The molecule has 2 N–H and O–H groups in total. The number of nitrogens with zero attached hydrogens (tertiary/aromatic N) is 6. The summed E-state index contributed by atoms with van der Waals surface area (Å²) in [7, 11) is 0. The standard InChI is InChI=1S/C25H19F3N8O2/c26-14-3-16(27)20(28)19(4-14)36-10-18(32-11-36)17-7-31-23-22(33-17)15(6-30-23)24(37)34-21(13-1-2-13)25(38)35-8-12(5-29)9-35/h3-4,6-7,10-13,21H,1-2,8-9H2,(H,30,31)(H,34,37)/t21-/m1/s1. The molecule has 0 spiro atoms. The van der Waals surface area contributed by atoms with Gasteiger partial charge < -0.3 is 19.8 Å². The lowest BCUT2D eigenvalue weighted by Crippen LogP contribution is -2.57. The van der Waals surface area contributed by atoms with Crippen LogP contribution >= 0.6 is 0 Å². The Hall–Kier alpha value is -4.73. The van der Waals surface area contributed by atoms with E-state index in [1.807, 2.05) is 0 Å². The summed E-state index contributed by atoms with van der Waals surface area (Å²) < 4.78 is 42.6. The summed E-state index contributed by atoms with van der Waals surface area (Å²) >= 11 is 0. The Balaban J connectivity index is 1.26. The van der Waals surface area contributed by atoms with E-state index in [2.05, 4.69) is 31.3 Å². The monoisotopic (exact) mass is 520 g/mol. The average molecular weight is 520 g/mol. The van der Waals surface area contributed by atoms with E-state index in [0.717, 1.165) is 23.5 Å². The third-order valence-corrected chi connectivity index (χ3v) is 6.74. The van der Waals surface area contributed by atoms with Crippen molar-refractivity contribution >= 4 is 23.0 Å². The van der Waals surface area contributed by atoms with Gasteiger partial charge in [-0.15, -0.1) is 0 Å². The van der Waals surface area contributed by atoms with Gasteiger partial charge in [0.15, 0.2) is 17.3 Å². The predicted molar refractivity (Wildman–Crippen MR) is 126 cm³/mol. The third-order valence-electron chi connectivity index (χ3n) is 6.74. The first-order chi connectivity index (χ1) is 18.3. The fourth-order valence-electron chi connectivity index (χ4n) is 4.47. The number of amides is 2. The number of fused-ring (bicyclic) bond motifs is 1. The Morgan fingerprint density at radius 2 is 1.95 bits per heavy atom. The van der Waals surface area contributed by atoms with Gasteiger partial charge in [-0.05, 0) is 18.8 Å². The van der Waals surface area contributed by atoms with Crippen LogP contribution in [0.15, 0.2) is 37.1 Å². The van der Waals surface area contributed by atoms with Crippen molar-refractivity contribution in [3.05, 3.63) is 60.1 Å². The zero-order chi connectivity index (χ0) is 26.6. The number of rotatable bonds is 6. The molecular weight excluding hydrogens is 501 g/mol. The van der Waals surface area contributed by atoms with Crippen LogP contribution < -0.4 is 5.32 Å². The van der Waals surface area contributed by atoms with Gasteiger partial charge in [0, 0.05) is 37.6 Å². The maximum absolute atomic E-state index is 14.2. The molecule has 2 aliphatic rings. The van der Waals surface area contributed by atoms with E-state index >= 15 is 0 Å². The minimum atomic E-state index is -1.33. The number of likely N-dealkylation sites (tertiary alicyclic amines) is 1. The molecule has 4 aromatic rings. The van der Waals surface area contributed by atoms with Crippen LogP contribution in [0.4, 0.5) is 13.2 Å². The van der Waals surface area contributed by atoms with Crippen molar-refractivity contribution in [3.63, 3.8) is 0 Å². The molecule has 1 saturated carbocycles. The normalized spacial score (nSPS) is 16.2. The second kappa shape index (κ2) is 8.98. The largest absolute Gasteiger partial charge is 0.344 e. The van der Waals surface area contributed by atoms with Crippen LogP contribution in [0.2, 0.25) is 0 Å². The minimum Gasteiger partial charge on any atom is -0.344 e. The molecule has 1 aromatic carbocycles.